The zero-order valence-corrected chi connectivity index (χ0v) is 18.5. The molecule has 7 heteroatoms. The van der Waals surface area contributed by atoms with Crippen LogP contribution in [0.3, 0.4) is 0 Å². The van der Waals surface area contributed by atoms with E-state index in [9.17, 15) is 4.79 Å². The number of methoxy groups -OCH3 is 1. The SMILES string of the molecule is COc1ccc(Cl)c2sc(N(Cc3ccco3)C(=O)Cc3ccc(C)c(C)c3)nc12. The van der Waals surface area contributed by atoms with Gasteiger partial charge in [-0.1, -0.05) is 41.1 Å². The zero-order chi connectivity index (χ0) is 21.3. The van der Waals surface area contributed by atoms with E-state index in [-0.39, 0.29) is 18.9 Å². The molecule has 0 radical (unpaired) electrons. The fraction of sp³-hybridized carbons (Fsp3) is 0.217. The van der Waals surface area contributed by atoms with Gasteiger partial charge in [0.1, 0.15) is 17.0 Å². The van der Waals surface area contributed by atoms with Gasteiger partial charge >= 0.3 is 0 Å². The molecular formula is C23H21ClN2O3S. The lowest BCUT2D eigenvalue weighted by Crippen LogP contribution is -2.31. The number of carbonyl (C=O) groups is 1. The first-order chi connectivity index (χ1) is 14.5. The van der Waals surface area contributed by atoms with Crippen LogP contribution in [0, 0.1) is 13.8 Å². The molecule has 1 amide bonds. The highest BCUT2D eigenvalue weighted by atomic mass is 35.5. The van der Waals surface area contributed by atoms with Crippen LogP contribution >= 0.6 is 22.9 Å². The Hall–Kier alpha value is -2.83. The number of benzene rings is 2. The molecule has 2 aromatic carbocycles. The minimum Gasteiger partial charge on any atom is -0.494 e. The molecule has 4 aromatic rings. The Labute approximate surface area is 183 Å². The van der Waals surface area contributed by atoms with Crippen LogP contribution in [-0.4, -0.2) is 18.0 Å². The standard InChI is InChI=1S/C23H21ClN2O3S/c1-14-6-7-16(11-15(14)2)12-20(27)26(13-17-5-4-10-29-17)23-25-21-19(28-3)9-8-18(24)22(21)30-23/h4-11H,12-13H2,1-3H3. The molecule has 2 aromatic heterocycles. The Morgan fingerprint density at radius 2 is 2.03 bits per heavy atom. The number of fused-ring (bicyclic) bond motifs is 1. The number of hydrogen-bond donors (Lipinski definition) is 0. The number of thiazole rings is 1. The normalized spacial score (nSPS) is 11.1. The van der Waals surface area contributed by atoms with Crippen molar-refractivity contribution in [3.05, 3.63) is 76.2 Å². The molecule has 30 heavy (non-hydrogen) atoms. The van der Waals surface area contributed by atoms with Crippen LogP contribution in [0.15, 0.2) is 53.1 Å². The van der Waals surface area contributed by atoms with E-state index in [4.69, 9.17) is 25.7 Å². The van der Waals surface area contributed by atoms with E-state index >= 15 is 0 Å². The summed E-state index contributed by atoms with van der Waals surface area (Å²) in [6.45, 7) is 4.39. The summed E-state index contributed by atoms with van der Waals surface area (Å²) in [5.74, 6) is 1.24. The third kappa shape index (κ3) is 4.06. The predicted octanol–water partition coefficient (Wildman–Crippen LogP) is 5.94. The minimum atomic E-state index is -0.0659. The molecule has 5 nitrogen and oxygen atoms in total. The highest BCUT2D eigenvalue weighted by Crippen LogP contribution is 2.39. The molecule has 0 atom stereocenters. The summed E-state index contributed by atoms with van der Waals surface area (Å²) in [5, 5.41) is 1.13. The van der Waals surface area contributed by atoms with Gasteiger partial charge in [0, 0.05) is 0 Å². The highest BCUT2D eigenvalue weighted by Gasteiger charge is 2.23. The first kappa shape index (κ1) is 20.4. The topological polar surface area (TPSA) is 55.6 Å². The van der Waals surface area contributed by atoms with Gasteiger partial charge < -0.3 is 9.15 Å². The number of hydrogen-bond acceptors (Lipinski definition) is 5. The van der Waals surface area contributed by atoms with Gasteiger partial charge in [-0.05, 0) is 54.8 Å². The van der Waals surface area contributed by atoms with Crippen LogP contribution in [0.5, 0.6) is 5.75 Å². The average Bonchev–Trinajstić information content (AvgIpc) is 3.39. The van der Waals surface area contributed by atoms with E-state index in [2.05, 4.69) is 13.0 Å². The Morgan fingerprint density at radius 3 is 2.73 bits per heavy atom. The third-order valence-corrected chi connectivity index (χ3v) is 6.56. The number of furan rings is 1. The number of amides is 1. The number of aryl methyl sites for hydroxylation is 2. The van der Waals surface area contributed by atoms with Gasteiger partial charge in [-0.15, -0.1) is 0 Å². The maximum Gasteiger partial charge on any atom is 0.233 e. The zero-order valence-electron chi connectivity index (χ0n) is 16.9. The average molecular weight is 441 g/mol. The molecule has 2 heterocycles. The van der Waals surface area contributed by atoms with Gasteiger partial charge in [0.15, 0.2) is 5.13 Å². The van der Waals surface area contributed by atoms with Crippen LogP contribution in [0.1, 0.15) is 22.5 Å². The molecule has 0 fully saturated rings. The number of rotatable bonds is 6. The van der Waals surface area contributed by atoms with Crippen LogP contribution in [0.25, 0.3) is 10.2 Å². The molecular weight excluding hydrogens is 420 g/mol. The van der Waals surface area contributed by atoms with Crippen molar-refractivity contribution in [2.24, 2.45) is 0 Å². The van der Waals surface area contributed by atoms with Gasteiger partial charge in [-0.25, -0.2) is 4.98 Å². The van der Waals surface area contributed by atoms with E-state index in [0.29, 0.717) is 27.2 Å². The number of carbonyl (C=O) groups excluding carboxylic acids is 1. The minimum absolute atomic E-state index is 0.0659. The Balaban J connectivity index is 1.72. The van der Waals surface area contributed by atoms with Crippen molar-refractivity contribution in [2.75, 3.05) is 12.0 Å². The Bertz CT molecular complexity index is 1200. The molecule has 0 unspecified atom stereocenters. The first-order valence-electron chi connectivity index (χ1n) is 9.48. The molecule has 0 saturated heterocycles. The smallest absolute Gasteiger partial charge is 0.233 e. The summed E-state index contributed by atoms with van der Waals surface area (Å²) in [6.07, 6.45) is 1.86. The lowest BCUT2D eigenvalue weighted by Gasteiger charge is -2.19. The Kier molecular flexibility index (Phi) is 5.79. The molecule has 0 aliphatic carbocycles. The van der Waals surface area contributed by atoms with E-state index in [1.165, 1.54) is 16.9 Å². The highest BCUT2D eigenvalue weighted by molar-refractivity contribution is 7.23. The summed E-state index contributed by atoms with van der Waals surface area (Å²) < 4.78 is 11.7. The molecule has 0 bridgehead atoms. The number of ether oxygens (including phenoxy) is 1. The van der Waals surface area contributed by atoms with Gasteiger partial charge in [0.2, 0.25) is 5.91 Å². The van der Waals surface area contributed by atoms with Crippen molar-refractivity contribution in [3.63, 3.8) is 0 Å². The molecule has 0 N–H and O–H groups in total. The summed E-state index contributed by atoms with van der Waals surface area (Å²) in [5.41, 5.74) is 3.97. The van der Waals surface area contributed by atoms with Crippen molar-refractivity contribution in [1.82, 2.24) is 4.98 Å². The summed E-state index contributed by atoms with van der Waals surface area (Å²) in [7, 11) is 1.59. The van der Waals surface area contributed by atoms with E-state index < -0.39 is 0 Å². The van der Waals surface area contributed by atoms with Crippen LogP contribution in [-0.2, 0) is 17.8 Å². The number of nitrogens with zero attached hydrogens (tertiary/aromatic N) is 2. The van der Waals surface area contributed by atoms with E-state index in [1.54, 1.807) is 36.5 Å². The second kappa shape index (κ2) is 8.50. The van der Waals surface area contributed by atoms with Gasteiger partial charge in [-0.3, -0.25) is 9.69 Å². The van der Waals surface area contributed by atoms with Crippen LogP contribution in [0.4, 0.5) is 5.13 Å². The largest absolute Gasteiger partial charge is 0.494 e. The van der Waals surface area contributed by atoms with Crippen molar-refractivity contribution in [3.8, 4) is 5.75 Å². The van der Waals surface area contributed by atoms with Crippen molar-refractivity contribution >= 4 is 44.2 Å². The van der Waals surface area contributed by atoms with Gasteiger partial charge in [0.25, 0.3) is 0 Å². The predicted molar refractivity (Wildman–Crippen MR) is 121 cm³/mol. The monoisotopic (exact) mass is 440 g/mol. The maximum atomic E-state index is 13.3. The molecule has 0 saturated carbocycles. The number of anilines is 1. The molecule has 0 spiro atoms. The van der Waals surface area contributed by atoms with Gasteiger partial charge in [0.05, 0.1) is 36.1 Å². The van der Waals surface area contributed by atoms with Crippen molar-refractivity contribution in [2.45, 2.75) is 26.8 Å². The first-order valence-corrected chi connectivity index (χ1v) is 10.7. The fourth-order valence-electron chi connectivity index (χ4n) is 3.23. The fourth-order valence-corrected chi connectivity index (χ4v) is 4.50. The van der Waals surface area contributed by atoms with E-state index in [0.717, 1.165) is 15.8 Å². The quantitative estimate of drug-likeness (QED) is 0.372. The lowest BCUT2D eigenvalue weighted by molar-refractivity contribution is -0.118. The van der Waals surface area contributed by atoms with Crippen molar-refractivity contribution in [1.29, 1.82) is 0 Å². The van der Waals surface area contributed by atoms with Crippen LogP contribution in [0.2, 0.25) is 5.02 Å². The molecule has 0 aliphatic rings. The molecule has 4 rings (SSSR count). The number of aromatic nitrogens is 1. The van der Waals surface area contributed by atoms with E-state index in [1.807, 2.05) is 25.1 Å². The summed E-state index contributed by atoms with van der Waals surface area (Å²) >= 11 is 7.75. The number of halogens is 1. The van der Waals surface area contributed by atoms with Crippen molar-refractivity contribution < 1.29 is 13.9 Å². The maximum absolute atomic E-state index is 13.3. The summed E-state index contributed by atoms with van der Waals surface area (Å²) in [4.78, 5) is 19.7. The summed E-state index contributed by atoms with van der Waals surface area (Å²) in [6, 6.07) is 13.3. The second-order valence-electron chi connectivity index (χ2n) is 7.08. The molecule has 154 valence electrons. The molecule has 0 aliphatic heterocycles. The van der Waals surface area contributed by atoms with Crippen LogP contribution < -0.4 is 9.64 Å². The third-order valence-electron chi connectivity index (χ3n) is 5.02. The van der Waals surface area contributed by atoms with Gasteiger partial charge in [-0.2, -0.15) is 0 Å². The Morgan fingerprint density at radius 1 is 1.20 bits per heavy atom. The lowest BCUT2D eigenvalue weighted by atomic mass is 10.0. The second-order valence-corrected chi connectivity index (χ2v) is 8.46.